The van der Waals surface area contributed by atoms with Crippen molar-refractivity contribution in [3.8, 4) is 5.88 Å². The van der Waals surface area contributed by atoms with Crippen molar-refractivity contribution in [3.63, 3.8) is 0 Å². The van der Waals surface area contributed by atoms with Crippen LogP contribution < -0.4 is 4.74 Å². The minimum absolute atomic E-state index is 0.0568. The number of carbonyl (C=O) groups excluding carboxylic acids is 1. The smallest absolute Gasteiger partial charge is 0.276 e. The molecule has 1 amide bonds. The largest absolute Gasteiger partial charge is 0.473 e. The van der Waals surface area contributed by atoms with E-state index in [1.54, 1.807) is 24.7 Å². The molecule has 2 aliphatic rings. The number of piperidine rings is 1. The molecule has 1 aliphatic heterocycles. The first kappa shape index (κ1) is 14.2. The summed E-state index contributed by atoms with van der Waals surface area (Å²) >= 11 is 0. The molecule has 0 spiro atoms. The molecule has 2 fully saturated rings. The number of amides is 1. The monoisotopic (exact) mass is 314 g/mol. The molecule has 0 N–H and O–H groups in total. The summed E-state index contributed by atoms with van der Waals surface area (Å²) in [6.45, 7) is 1.30. The zero-order chi connectivity index (χ0) is 15.6. The molecule has 4 rings (SSSR count). The predicted octanol–water partition coefficient (Wildman–Crippen LogP) is 2.03. The number of hydrogen-bond donors (Lipinski definition) is 0. The second kappa shape index (κ2) is 5.98. The lowest BCUT2D eigenvalue weighted by Crippen LogP contribution is -2.42. The third kappa shape index (κ3) is 3.18. The minimum atomic E-state index is -0.0568. The van der Waals surface area contributed by atoms with Gasteiger partial charge >= 0.3 is 0 Å². The lowest BCUT2D eigenvalue weighted by atomic mass is 10.1. The molecular weight excluding hydrogens is 296 g/mol. The highest BCUT2D eigenvalue weighted by Gasteiger charge is 2.31. The van der Waals surface area contributed by atoms with Crippen LogP contribution in [0.5, 0.6) is 5.88 Å². The molecule has 3 heterocycles. The van der Waals surface area contributed by atoms with E-state index in [1.807, 2.05) is 4.90 Å². The van der Waals surface area contributed by atoms with Gasteiger partial charge in [0.1, 0.15) is 11.9 Å². The van der Waals surface area contributed by atoms with Crippen LogP contribution in [0.25, 0.3) is 0 Å². The van der Waals surface area contributed by atoms with E-state index in [2.05, 4.69) is 15.1 Å². The third-order valence-electron chi connectivity index (χ3n) is 4.28. The van der Waals surface area contributed by atoms with E-state index in [0.29, 0.717) is 30.6 Å². The molecule has 0 radical (unpaired) electrons. The molecule has 0 atom stereocenters. The van der Waals surface area contributed by atoms with Crippen LogP contribution in [0.2, 0.25) is 0 Å². The van der Waals surface area contributed by atoms with E-state index in [0.717, 1.165) is 31.4 Å². The summed E-state index contributed by atoms with van der Waals surface area (Å²) in [4.78, 5) is 22.4. The Hall–Kier alpha value is -2.44. The fourth-order valence-electron chi connectivity index (χ4n) is 2.81. The summed E-state index contributed by atoms with van der Waals surface area (Å²) in [5, 5.41) is 3.92. The zero-order valence-corrected chi connectivity index (χ0v) is 12.7. The molecule has 2 aromatic rings. The SMILES string of the molecule is O=C(c1cc(C2CC2)on1)N1CCC(Oc2cnccn2)CC1. The van der Waals surface area contributed by atoms with Gasteiger partial charge in [0, 0.05) is 50.3 Å². The Kier molecular flexibility index (Phi) is 3.69. The maximum atomic E-state index is 12.5. The Morgan fingerprint density at radius 3 is 2.74 bits per heavy atom. The standard InChI is InChI=1S/C16H18N4O3/c21-16(13-9-14(23-19-13)11-1-2-11)20-7-3-12(4-8-20)22-15-10-17-5-6-18-15/h5-6,9-12H,1-4,7-8H2. The molecule has 7 heteroatoms. The van der Waals surface area contributed by atoms with Crippen molar-refractivity contribution in [2.24, 2.45) is 0 Å². The van der Waals surface area contributed by atoms with Gasteiger partial charge in [0.2, 0.25) is 5.88 Å². The first-order valence-electron chi connectivity index (χ1n) is 7.98. The van der Waals surface area contributed by atoms with Crippen LogP contribution in [0.15, 0.2) is 29.2 Å². The molecule has 0 aromatic carbocycles. The number of nitrogens with zero attached hydrogens (tertiary/aromatic N) is 4. The Morgan fingerprint density at radius 2 is 2.04 bits per heavy atom. The normalized spacial score (nSPS) is 18.9. The third-order valence-corrected chi connectivity index (χ3v) is 4.28. The van der Waals surface area contributed by atoms with Gasteiger partial charge in [0.05, 0.1) is 6.20 Å². The Bertz CT molecular complexity index is 676. The number of aromatic nitrogens is 3. The maximum absolute atomic E-state index is 12.5. The number of ether oxygens (including phenoxy) is 1. The average molecular weight is 314 g/mol. The summed E-state index contributed by atoms with van der Waals surface area (Å²) in [5.41, 5.74) is 0.417. The van der Waals surface area contributed by atoms with Crippen molar-refractivity contribution in [1.29, 1.82) is 0 Å². The van der Waals surface area contributed by atoms with Gasteiger partial charge in [-0.25, -0.2) is 4.98 Å². The maximum Gasteiger partial charge on any atom is 0.276 e. The highest BCUT2D eigenvalue weighted by Crippen LogP contribution is 2.40. The first-order chi connectivity index (χ1) is 11.3. The van der Waals surface area contributed by atoms with E-state index in [4.69, 9.17) is 9.26 Å². The number of likely N-dealkylation sites (tertiary alicyclic amines) is 1. The van der Waals surface area contributed by atoms with Gasteiger partial charge in [-0.2, -0.15) is 0 Å². The van der Waals surface area contributed by atoms with E-state index in [-0.39, 0.29) is 12.0 Å². The van der Waals surface area contributed by atoms with Crippen LogP contribution in [0.3, 0.4) is 0 Å². The molecule has 1 saturated carbocycles. The summed E-state index contributed by atoms with van der Waals surface area (Å²) in [6.07, 6.45) is 8.70. The summed E-state index contributed by atoms with van der Waals surface area (Å²) < 4.78 is 11.1. The molecule has 23 heavy (non-hydrogen) atoms. The lowest BCUT2D eigenvalue weighted by Gasteiger charge is -2.31. The quantitative estimate of drug-likeness (QED) is 0.859. The van der Waals surface area contributed by atoms with Crippen molar-refractivity contribution >= 4 is 5.91 Å². The van der Waals surface area contributed by atoms with Crippen LogP contribution in [0.4, 0.5) is 0 Å². The fraction of sp³-hybridized carbons (Fsp3) is 0.500. The Morgan fingerprint density at radius 1 is 1.22 bits per heavy atom. The van der Waals surface area contributed by atoms with Gasteiger partial charge in [0.25, 0.3) is 5.91 Å². The molecule has 2 aromatic heterocycles. The zero-order valence-electron chi connectivity index (χ0n) is 12.7. The van der Waals surface area contributed by atoms with Crippen molar-refractivity contribution in [3.05, 3.63) is 36.1 Å². The summed E-state index contributed by atoms with van der Waals surface area (Å²) in [7, 11) is 0. The van der Waals surface area contributed by atoms with Crippen LogP contribution in [0.1, 0.15) is 47.8 Å². The van der Waals surface area contributed by atoms with Crippen LogP contribution in [-0.2, 0) is 0 Å². The van der Waals surface area contributed by atoms with Gasteiger partial charge in [-0.05, 0) is 12.8 Å². The second-order valence-corrected chi connectivity index (χ2v) is 6.04. The number of hydrogen-bond acceptors (Lipinski definition) is 6. The van der Waals surface area contributed by atoms with Gasteiger partial charge in [-0.3, -0.25) is 9.78 Å². The fourth-order valence-corrected chi connectivity index (χ4v) is 2.81. The lowest BCUT2D eigenvalue weighted by molar-refractivity contribution is 0.0578. The average Bonchev–Trinajstić information content (AvgIpc) is 3.33. The van der Waals surface area contributed by atoms with E-state index < -0.39 is 0 Å². The van der Waals surface area contributed by atoms with Gasteiger partial charge in [-0.15, -0.1) is 0 Å². The van der Waals surface area contributed by atoms with Gasteiger partial charge in [-0.1, -0.05) is 5.16 Å². The van der Waals surface area contributed by atoms with Crippen molar-refractivity contribution in [1.82, 2.24) is 20.0 Å². The van der Waals surface area contributed by atoms with Crippen molar-refractivity contribution in [2.45, 2.75) is 37.7 Å². The Balaban J connectivity index is 1.32. The van der Waals surface area contributed by atoms with E-state index in [1.165, 1.54) is 0 Å². The Labute approximate surface area is 133 Å². The minimum Gasteiger partial charge on any atom is -0.473 e. The summed E-state index contributed by atoms with van der Waals surface area (Å²) in [5.74, 6) is 1.78. The van der Waals surface area contributed by atoms with Crippen molar-refractivity contribution < 1.29 is 14.1 Å². The van der Waals surface area contributed by atoms with Crippen LogP contribution in [-0.4, -0.2) is 45.1 Å². The van der Waals surface area contributed by atoms with Gasteiger partial charge in [0.15, 0.2) is 5.69 Å². The molecule has 7 nitrogen and oxygen atoms in total. The van der Waals surface area contributed by atoms with E-state index >= 15 is 0 Å². The molecule has 120 valence electrons. The van der Waals surface area contributed by atoms with Crippen molar-refractivity contribution in [2.75, 3.05) is 13.1 Å². The predicted molar refractivity (Wildman–Crippen MR) is 80.1 cm³/mol. The first-order valence-corrected chi connectivity index (χ1v) is 7.98. The van der Waals surface area contributed by atoms with E-state index in [9.17, 15) is 4.79 Å². The molecule has 0 unspecified atom stereocenters. The molecule has 0 bridgehead atoms. The van der Waals surface area contributed by atoms with Gasteiger partial charge < -0.3 is 14.2 Å². The van der Waals surface area contributed by atoms with Crippen LogP contribution in [0, 0.1) is 0 Å². The molecule has 1 saturated heterocycles. The molecular formula is C16H18N4O3. The number of rotatable bonds is 4. The summed E-state index contributed by atoms with van der Waals surface area (Å²) in [6, 6.07) is 1.79. The highest BCUT2D eigenvalue weighted by molar-refractivity contribution is 5.92. The number of carbonyl (C=O) groups is 1. The molecule has 1 aliphatic carbocycles. The second-order valence-electron chi connectivity index (χ2n) is 6.04. The highest BCUT2D eigenvalue weighted by atomic mass is 16.5. The topological polar surface area (TPSA) is 81.4 Å². The van der Waals surface area contributed by atoms with Crippen LogP contribution >= 0.6 is 0 Å².